The Kier molecular flexibility index (Phi) is 5.88. The summed E-state index contributed by atoms with van der Waals surface area (Å²) in [7, 11) is 0. The second-order valence-electron chi connectivity index (χ2n) is 5.05. The quantitative estimate of drug-likeness (QED) is 0.415. The van der Waals surface area contributed by atoms with Crippen molar-refractivity contribution < 1.29 is 51.8 Å². The van der Waals surface area contributed by atoms with E-state index in [4.69, 9.17) is 15.3 Å². The van der Waals surface area contributed by atoms with Gasteiger partial charge in [-0.3, -0.25) is 4.79 Å². The van der Waals surface area contributed by atoms with Crippen molar-refractivity contribution in [2.75, 3.05) is 6.54 Å². The molecule has 3 atom stereocenters. The predicted octanol–water partition coefficient (Wildman–Crippen LogP) is -4.45. The number of carboxylic acids is 3. The van der Waals surface area contributed by atoms with Crippen molar-refractivity contribution in [1.29, 1.82) is 0 Å². The fraction of sp³-hybridized carbons (Fsp3) is 0.385. The van der Waals surface area contributed by atoms with Crippen LogP contribution in [0.5, 0.6) is 0 Å². The molecule has 1 aliphatic rings. The summed E-state index contributed by atoms with van der Waals surface area (Å²) in [6, 6.07) is 1.39. The molecular weight excluding hydrogens is 334 g/mol. The van der Waals surface area contributed by atoms with Crippen molar-refractivity contribution in [3.8, 4) is 0 Å². The van der Waals surface area contributed by atoms with Crippen LogP contribution in [0.3, 0.4) is 0 Å². The first-order valence-electron chi connectivity index (χ1n) is 6.46. The SMILES string of the molecule is O=C(O)C[C@@H]1[C@@H](C(=O)O)[NH2+]C[C@@H]1c1ccc(C(=O)O)oc1=O.[Cl-]. The molecule has 23 heavy (non-hydrogen) atoms. The number of aromatic carboxylic acids is 1. The summed E-state index contributed by atoms with van der Waals surface area (Å²) in [5.74, 6) is -5.65. The molecule has 0 spiro atoms. The maximum Gasteiger partial charge on any atom is 0.371 e. The van der Waals surface area contributed by atoms with Gasteiger partial charge in [-0.2, -0.15) is 0 Å². The van der Waals surface area contributed by atoms with Gasteiger partial charge in [0, 0.05) is 17.4 Å². The van der Waals surface area contributed by atoms with Crippen LogP contribution in [0.4, 0.5) is 0 Å². The molecule has 126 valence electrons. The Labute approximate surface area is 135 Å². The largest absolute Gasteiger partial charge is 1.00 e. The van der Waals surface area contributed by atoms with Gasteiger partial charge in [0.2, 0.25) is 5.76 Å². The van der Waals surface area contributed by atoms with E-state index >= 15 is 0 Å². The van der Waals surface area contributed by atoms with E-state index in [2.05, 4.69) is 4.42 Å². The molecule has 0 bridgehead atoms. The number of hydrogen-bond acceptors (Lipinski definition) is 5. The number of carboxylic acid groups (broad SMARTS) is 3. The molecule has 1 aliphatic heterocycles. The summed E-state index contributed by atoms with van der Waals surface area (Å²) >= 11 is 0. The molecule has 0 radical (unpaired) electrons. The first-order chi connectivity index (χ1) is 10.3. The van der Waals surface area contributed by atoms with Crippen molar-refractivity contribution >= 4 is 17.9 Å². The molecule has 1 saturated heterocycles. The topological polar surface area (TPSA) is 159 Å². The van der Waals surface area contributed by atoms with E-state index in [-0.39, 0.29) is 24.5 Å². The Morgan fingerprint density at radius 1 is 1.22 bits per heavy atom. The average Bonchev–Trinajstić information content (AvgIpc) is 2.81. The average molecular weight is 348 g/mol. The molecule has 2 rings (SSSR count). The normalized spacial score (nSPS) is 23.0. The maximum absolute atomic E-state index is 11.9. The van der Waals surface area contributed by atoms with E-state index in [0.29, 0.717) is 0 Å². The molecule has 0 unspecified atom stereocenters. The molecule has 5 N–H and O–H groups in total. The molecular formula is C13H14ClNO8. The van der Waals surface area contributed by atoms with Gasteiger partial charge in [-0.05, 0) is 12.1 Å². The molecule has 2 heterocycles. The first kappa shape index (κ1) is 18.7. The minimum Gasteiger partial charge on any atom is -1.00 e. The van der Waals surface area contributed by atoms with E-state index < -0.39 is 53.6 Å². The first-order valence-corrected chi connectivity index (χ1v) is 6.46. The molecule has 0 saturated carbocycles. The fourth-order valence-corrected chi connectivity index (χ4v) is 2.82. The Hall–Kier alpha value is -2.39. The standard InChI is InChI=1S/C13H13NO8.ClH/c15-9(16)3-6-7(4-14-10(6)12(19)20)5-1-2-8(11(17)18)22-13(5)21;/h1-2,6-7,10,14H,3-4H2,(H,15,16)(H,17,18)(H,19,20);1H/t6-,7+,10-;/m0./s1. The Bertz CT molecular complexity index is 685. The van der Waals surface area contributed by atoms with Crippen LogP contribution < -0.4 is 23.3 Å². The van der Waals surface area contributed by atoms with Gasteiger partial charge in [-0.1, -0.05) is 0 Å². The van der Waals surface area contributed by atoms with E-state index in [1.165, 1.54) is 11.4 Å². The molecule has 1 fully saturated rings. The second kappa shape index (κ2) is 7.25. The second-order valence-corrected chi connectivity index (χ2v) is 5.05. The van der Waals surface area contributed by atoms with Crippen LogP contribution >= 0.6 is 0 Å². The van der Waals surface area contributed by atoms with Crippen LogP contribution in [0.25, 0.3) is 0 Å². The maximum atomic E-state index is 11.9. The number of rotatable bonds is 5. The zero-order valence-corrected chi connectivity index (χ0v) is 12.4. The predicted molar refractivity (Wildman–Crippen MR) is 68.6 cm³/mol. The monoisotopic (exact) mass is 347 g/mol. The van der Waals surface area contributed by atoms with E-state index in [1.54, 1.807) is 0 Å². The zero-order valence-electron chi connectivity index (χ0n) is 11.6. The van der Waals surface area contributed by atoms with Crippen LogP contribution in [-0.4, -0.2) is 45.8 Å². The molecule has 9 nitrogen and oxygen atoms in total. The number of nitrogens with two attached hydrogens (primary N) is 1. The number of carbonyl (C=O) groups is 3. The van der Waals surface area contributed by atoms with E-state index in [9.17, 15) is 19.2 Å². The highest BCUT2D eigenvalue weighted by Gasteiger charge is 2.47. The highest BCUT2D eigenvalue weighted by molar-refractivity contribution is 5.84. The molecule has 0 amide bonds. The summed E-state index contributed by atoms with van der Waals surface area (Å²) in [4.78, 5) is 44.8. The van der Waals surface area contributed by atoms with Crippen LogP contribution in [0.2, 0.25) is 0 Å². The number of halogens is 1. The number of aliphatic carboxylic acids is 2. The molecule has 1 aromatic rings. The van der Waals surface area contributed by atoms with Crippen LogP contribution in [0.15, 0.2) is 21.3 Å². The molecule has 0 aromatic carbocycles. The third-order valence-corrected chi connectivity index (χ3v) is 3.78. The van der Waals surface area contributed by atoms with Gasteiger partial charge in [0.15, 0.2) is 6.04 Å². The van der Waals surface area contributed by atoms with Gasteiger partial charge in [-0.15, -0.1) is 0 Å². The van der Waals surface area contributed by atoms with Gasteiger partial charge < -0.3 is 37.5 Å². The Morgan fingerprint density at radius 3 is 2.35 bits per heavy atom. The third-order valence-electron chi connectivity index (χ3n) is 3.78. The highest BCUT2D eigenvalue weighted by atomic mass is 35.5. The Balaban J connectivity index is 0.00000264. The Morgan fingerprint density at radius 2 is 1.87 bits per heavy atom. The van der Waals surface area contributed by atoms with Crippen molar-refractivity contribution in [2.24, 2.45) is 5.92 Å². The molecule has 10 heteroatoms. The lowest BCUT2D eigenvalue weighted by molar-refractivity contribution is -0.662. The summed E-state index contributed by atoms with van der Waals surface area (Å²) < 4.78 is 4.67. The summed E-state index contributed by atoms with van der Waals surface area (Å²) in [5.41, 5.74) is -0.795. The van der Waals surface area contributed by atoms with Gasteiger partial charge in [0.25, 0.3) is 0 Å². The molecule has 0 aliphatic carbocycles. The fourth-order valence-electron chi connectivity index (χ4n) is 2.82. The van der Waals surface area contributed by atoms with Crippen LogP contribution in [0.1, 0.15) is 28.5 Å². The third kappa shape index (κ3) is 3.88. The smallest absolute Gasteiger partial charge is 0.371 e. The van der Waals surface area contributed by atoms with Gasteiger partial charge >= 0.3 is 23.5 Å². The summed E-state index contributed by atoms with van der Waals surface area (Å²) in [6.45, 7) is 0.214. The van der Waals surface area contributed by atoms with Crippen LogP contribution in [0, 0.1) is 5.92 Å². The highest BCUT2D eigenvalue weighted by Crippen LogP contribution is 2.29. The summed E-state index contributed by atoms with van der Waals surface area (Å²) in [5, 5.41) is 28.3. The number of quaternary nitrogens is 1. The van der Waals surface area contributed by atoms with Crippen molar-refractivity contribution in [1.82, 2.24) is 0 Å². The molecule has 1 aromatic heterocycles. The lowest BCUT2D eigenvalue weighted by Crippen LogP contribution is -3.00. The number of hydrogen-bond donors (Lipinski definition) is 4. The van der Waals surface area contributed by atoms with Gasteiger partial charge in [0.1, 0.15) is 0 Å². The van der Waals surface area contributed by atoms with Crippen molar-refractivity contribution in [2.45, 2.75) is 18.4 Å². The van der Waals surface area contributed by atoms with Crippen LogP contribution in [-0.2, 0) is 9.59 Å². The summed E-state index contributed by atoms with van der Waals surface area (Å²) in [6.07, 6.45) is -0.405. The van der Waals surface area contributed by atoms with Gasteiger partial charge in [-0.25, -0.2) is 14.4 Å². The lowest BCUT2D eigenvalue weighted by Gasteiger charge is -2.16. The zero-order chi connectivity index (χ0) is 16.4. The lowest BCUT2D eigenvalue weighted by atomic mass is 9.83. The minimum atomic E-state index is -1.40. The van der Waals surface area contributed by atoms with Gasteiger partial charge in [0.05, 0.1) is 13.0 Å². The van der Waals surface area contributed by atoms with E-state index in [1.807, 2.05) is 0 Å². The van der Waals surface area contributed by atoms with Crippen molar-refractivity contribution in [3.63, 3.8) is 0 Å². The minimum absolute atomic E-state index is 0. The van der Waals surface area contributed by atoms with Crippen molar-refractivity contribution in [3.05, 3.63) is 33.9 Å². The van der Waals surface area contributed by atoms with E-state index in [0.717, 1.165) is 6.07 Å².